The molecule has 5 rings (SSSR count). The number of nitrogens with zero attached hydrogens (tertiary/aromatic N) is 5. The van der Waals surface area contributed by atoms with Crippen molar-refractivity contribution < 1.29 is 0 Å². The molecule has 0 radical (unpaired) electrons. The average Bonchev–Trinajstić information content (AvgIpc) is 3.27. The van der Waals surface area contributed by atoms with Gasteiger partial charge in [0.15, 0.2) is 5.82 Å². The first-order chi connectivity index (χ1) is 13.7. The SMILES string of the molecule is CN(c1ccc(Cl)cc1)c1nc2c(-c3nc[nH]n3)cccc2c2cnccc12. The molecular weight excluding hydrogens is 372 g/mol. The minimum Gasteiger partial charge on any atom is -0.329 e. The van der Waals surface area contributed by atoms with Crippen LogP contribution in [0.25, 0.3) is 33.1 Å². The van der Waals surface area contributed by atoms with Crippen LogP contribution in [0.1, 0.15) is 0 Å². The Kier molecular flexibility index (Phi) is 3.91. The van der Waals surface area contributed by atoms with Crippen molar-refractivity contribution in [3.63, 3.8) is 0 Å². The van der Waals surface area contributed by atoms with E-state index in [2.05, 4.69) is 26.2 Å². The Morgan fingerprint density at radius 3 is 2.61 bits per heavy atom. The van der Waals surface area contributed by atoms with Crippen LogP contribution in [0.15, 0.2) is 67.3 Å². The first-order valence-corrected chi connectivity index (χ1v) is 9.12. The molecule has 0 bridgehead atoms. The van der Waals surface area contributed by atoms with Crippen LogP contribution in [-0.4, -0.2) is 32.2 Å². The highest BCUT2D eigenvalue weighted by Crippen LogP contribution is 2.36. The van der Waals surface area contributed by atoms with Gasteiger partial charge >= 0.3 is 0 Å². The van der Waals surface area contributed by atoms with Crippen molar-refractivity contribution in [3.05, 3.63) is 72.3 Å². The van der Waals surface area contributed by atoms with Crippen molar-refractivity contribution in [2.45, 2.75) is 0 Å². The van der Waals surface area contributed by atoms with E-state index in [-0.39, 0.29) is 0 Å². The monoisotopic (exact) mass is 386 g/mol. The number of H-pyrrole nitrogens is 1. The predicted octanol–water partition coefficient (Wildman–Crippen LogP) is 4.99. The van der Waals surface area contributed by atoms with E-state index >= 15 is 0 Å². The molecule has 0 aliphatic carbocycles. The van der Waals surface area contributed by atoms with Gasteiger partial charge in [-0.25, -0.2) is 9.97 Å². The largest absolute Gasteiger partial charge is 0.329 e. The van der Waals surface area contributed by atoms with Crippen LogP contribution in [0.4, 0.5) is 11.5 Å². The maximum atomic E-state index is 6.05. The number of nitrogens with one attached hydrogen (secondary N) is 1. The molecule has 0 saturated heterocycles. The fraction of sp³-hybridized carbons (Fsp3) is 0.0476. The highest BCUT2D eigenvalue weighted by atomic mass is 35.5. The highest BCUT2D eigenvalue weighted by Gasteiger charge is 2.17. The lowest BCUT2D eigenvalue weighted by atomic mass is 10.0. The molecule has 0 aliphatic rings. The molecular formula is C21H15ClN6. The van der Waals surface area contributed by atoms with Gasteiger partial charge in [0.1, 0.15) is 12.1 Å². The summed E-state index contributed by atoms with van der Waals surface area (Å²) in [5.41, 5.74) is 2.69. The number of anilines is 2. The van der Waals surface area contributed by atoms with Gasteiger partial charge in [0, 0.05) is 51.9 Å². The van der Waals surface area contributed by atoms with Crippen LogP contribution in [0.5, 0.6) is 0 Å². The summed E-state index contributed by atoms with van der Waals surface area (Å²) >= 11 is 6.05. The number of fused-ring (bicyclic) bond motifs is 3. The summed E-state index contributed by atoms with van der Waals surface area (Å²) in [7, 11) is 1.99. The molecule has 0 amide bonds. The van der Waals surface area contributed by atoms with Gasteiger partial charge in [-0.1, -0.05) is 23.7 Å². The number of benzene rings is 2. The molecule has 6 nitrogen and oxygen atoms in total. The molecule has 3 heterocycles. The number of para-hydroxylation sites is 1. The average molecular weight is 387 g/mol. The van der Waals surface area contributed by atoms with Crippen molar-refractivity contribution in [3.8, 4) is 11.4 Å². The molecule has 0 unspecified atom stereocenters. The van der Waals surface area contributed by atoms with E-state index in [1.807, 2.05) is 60.6 Å². The van der Waals surface area contributed by atoms with Crippen LogP contribution in [0.2, 0.25) is 5.02 Å². The number of rotatable bonds is 3. The number of hydrogen-bond donors (Lipinski definition) is 1. The molecule has 136 valence electrons. The molecule has 7 heteroatoms. The van der Waals surface area contributed by atoms with Gasteiger partial charge in [-0.15, -0.1) is 0 Å². The zero-order chi connectivity index (χ0) is 19.1. The Bertz CT molecular complexity index is 1280. The minimum absolute atomic E-state index is 0.612. The zero-order valence-corrected chi connectivity index (χ0v) is 15.7. The van der Waals surface area contributed by atoms with Crippen LogP contribution in [0.3, 0.4) is 0 Å². The smallest absolute Gasteiger partial charge is 0.183 e. The summed E-state index contributed by atoms with van der Waals surface area (Å²) < 4.78 is 0. The van der Waals surface area contributed by atoms with E-state index in [4.69, 9.17) is 16.6 Å². The number of aromatic amines is 1. The fourth-order valence-corrected chi connectivity index (χ4v) is 3.54. The van der Waals surface area contributed by atoms with Crippen molar-refractivity contribution >= 4 is 44.8 Å². The molecule has 0 aliphatic heterocycles. The number of pyridine rings is 2. The second-order valence-electron chi connectivity index (χ2n) is 6.42. The van der Waals surface area contributed by atoms with Crippen molar-refractivity contribution in [1.82, 2.24) is 25.1 Å². The summed E-state index contributed by atoms with van der Waals surface area (Å²) in [5, 5.41) is 10.8. The highest BCUT2D eigenvalue weighted by molar-refractivity contribution is 6.30. The van der Waals surface area contributed by atoms with Gasteiger partial charge in [0.25, 0.3) is 0 Å². The second-order valence-corrected chi connectivity index (χ2v) is 6.85. The second kappa shape index (κ2) is 6.58. The topological polar surface area (TPSA) is 70.6 Å². The molecule has 2 aromatic carbocycles. The molecule has 5 aromatic rings. The molecule has 0 atom stereocenters. The molecule has 28 heavy (non-hydrogen) atoms. The third-order valence-corrected chi connectivity index (χ3v) is 5.05. The van der Waals surface area contributed by atoms with Crippen LogP contribution < -0.4 is 4.90 Å². The summed E-state index contributed by atoms with van der Waals surface area (Å²) in [6.07, 6.45) is 5.23. The van der Waals surface area contributed by atoms with Gasteiger partial charge in [0.2, 0.25) is 0 Å². The predicted molar refractivity (Wildman–Crippen MR) is 112 cm³/mol. The molecule has 3 aromatic heterocycles. The number of aromatic nitrogens is 5. The van der Waals surface area contributed by atoms with E-state index in [0.717, 1.165) is 38.7 Å². The lowest BCUT2D eigenvalue weighted by molar-refractivity contribution is 1.09. The van der Waals surface area contributed by atoms with E-state index in [0.29, 0.717) is 10.8 Å². The number of hydrogen-bond acceptors (Lipinski definition) is 5. The van der Waals surface area contributed by atoms with E-state index in [1.54, 1.807) is 12.5 Å². The van der Waals surface area contributed by atoms with Crippen molar-refractivity contribution in [2.75, 3.05) is 11.9 Å². The maximum absolute atomic E-state index is 6.05. The first kappa shape index (κ1) is 16.6. The van der Waals surface area contributed by atoms with Gasteiger partial charge in [-0.2, -0.15) is 5.10 Å². The minimum atomic E-state index is 0.612. The third-order valence-electron chi connectivity index (χ3n) is 4.79. The lowest BCUT2D eigenvalue weighted by Gasteiger charge is -2.21. The summed E-state index contributed by atoms with van der Waals surface area (Å²) in [5.74, 6) is 1.44. The third kappa shape index (κ3) is 2.66. The first-order valence-electron chi connectivity index (χ1n) is 8.74. The molecule has 1 N–H and O–H groups in total. The Morgan fingerprint density at radius 1 is 0.964 bits per heavy atom. The van der Waals surface area contributed by atoms with Gasteiger partial charge in [-0.3, -0.25) is 10.1 Å². The quantitative estimate of drug-likeness (QED) is 0.442. The number of halogens is 1. The van der Waals surface area contributed by atoms with Crippen LogP contribution in [-0.2, 0) is 0 Å². The van der Waals surface area contributed by atoms with Crippen LogP contribution >= 0.6 is 11.6 Å². The summed E-state index contributed by atoms with van der Waals surface area (Å²) in [6.45, 7) is 0. The van der Waals surface area contributed by atoms with E-state index in [9.17, 15) is 0 Å². The van der Waals surface area contributed by atoms with Crippen molar-refractivity contribution in [2.24, 2.45) is 0 Å². The standard InChI is InChI=1S/C21H15ClN6/c1-28(14-7-5-13(22)6-8-14)21-16-9-10-23-11-18(16)15-3-2-4-17(19(15)26-21)20-24-12-25-27-20/h2-12H,1H3,(H,24,25,27). The van der Waals surface area contributed by atoms with Crippen LogP contribution in [0, 0.1) is 0 Å². The normalized spacial score (nSPS) is 11.2. The zero-order valence-electron chi connectivity index (χ0n) is 15.0. The summed E-state index contributed by atoms with van der Waals surface area (Å²) in [4.78, 5) is 15.7. The van der Waals surface area contributed by atoms with Gasteiger partial charge < -0.3 is 4.90 Å². The molecule has 0 saturated carbocycles. The molecule has 0 fully saturated rings. The van der Waals surface area contributed by atoms with Crippen molar-refractivity contribution in [1.29, 1.82) is 0 Å². The Morgan fingerprint density at radius 2 is 1.82 bits per heavy atom. The summed E-state index contributed by atoms with van der Waals surface area (Å²) in [6, 6.07) is 15.7. The fourth-order valence-electron chi connectivity index (χ4n) is 3.41. The van der Waals surface area contributed by atoms with E-state index in [1.165, 1.54) is 0 Å². The van der Waals surface area contributed by atoms with Gasteiger partial charge in [0.05, 0.1) is 5.52 Å². The molecule has 0 spiro atoms. The Labute approximate surface area is 165 Å². The maximum Gasteiger partial charge on any atom is 0.183 e. The Hall–Kier alpha value is -3.51. The Balaban J connectivity index is 1.82. The lowest BCUT2D eigenvalue weighted by Crippen LogP contribution is -2.12. The van der Waals surface area contributed by atoms with E-state index < -0.39 is 0 Å². The van der Waals surface area contributed by atoms with Gasteiger partial charge in [-0.05, 0) is 36.4 Å².